The van der Waals surface area contributed by atoms with Crippen molar-refractivity contribution in [1.29, 1.82) is 0 Å². The fraction of sp³-hybridized carbons (Fsp3) is 0.391. The lowest BCUT2D eigenvalue weighted by atomic mass is 10.0. The summed E-state index contributed by atoms with van der Waals surface area (Å²) in [6, 6.07) is 13.5. The molecule has 1 aliphatic rings. The van der Waals surface area contributed by atoms with Crippen molar-refractivity contribution in [2.45, 2.75) is 32.9 Å². The van der Waals surface area contributed by atoms with E-state index < -0.39 is 12.7 Å². The van der Waals surface area contributed by atoms with Crippen LogP contribution < -0.4 is 10.1 Å². The molecule has 0 spiro atoms. The van der Waals surface area contributed by atoms with E-state index in [1.165, 1.54) is 12.1 Å². The predicted molar refractivity (Wildman–Crippen MR) is 114 cm³/mol. The van der Waals surface area contributed by atoms with Crippen LogP contribution in [0.4, 0.5) is 14.5 Å². The average Bonchev–Trinajstić information content (AvgIpc) is 2.76. The van der Waals surface area contributed by atoms with Crippen LogP contribution in [0.25, 0.3) is 0 Å². The fourth-order valence-electron chi connectivity index (χ4n) is 3.61. The van der Waals surface area contributed by atoms with Gasteiger partial charge in [0.25, 0.3) is 0 Å². The smallest absolute Gasteiger partial charge is 0.387 e. The lowest BCUT2D eigenvalue weighted by Crippen LogP contribution is -2.54. The van der Waals surface area contributed by atoms with Gasteiger partial charge in [-0.15, -0.1) is 0 Å². The Labute approximate surface area is 180 Å². The summed E-state index contributed by atoms with van der Waals surface area (Å²) in [6.45, 7) is 2.97. The zero-order valence-corrected chi connectivity index (χ0v) is 17.7. The number of benzene rings is 2. The molecule has 1 aliphatic heterocycles. The van der Waals surface area contributed by atoms with Gasteiger partial charge in [-0.05, 0) is 37.1 Å². The highest BCUT2D eigenvalue weighted by molar-refractivity contribution is 5.95. The quantitative estimate of drug-likeness (QED) is 0.731. The van der Waals surface area contributed by atoms with Gasteiger partial charge in [-0.3, -0.25) is 14.5 Å². The molecule has 1 N–H and O–H groups in total. The van der Waals surface area contributed by atoms with Gasteiger partial charge in [-0.1, -0.05) is 36.4 Å². The Morgan fingerprint density at radius 1 is 1.03 bits per heavy atom. The number of nitrogens with zero attached hydrogens (tertiary/aromatic N) is 2. The number of anilines is 1. The number of hydrogen-bond acceptors (Lipinski definition) is 4. The van der Waals surface area contributed by atoms with E-state index in [-0.39, 0.29) is 23.3 Å². The van der Waals surface area contributed by atoms with Crippen molar-refractivity contribution in [3.63, 3.8) is 0 Å². The first-order valence-electron chi connectivity index (χ1n) is 10.3. The highest BCUT2D eigenvalue weighted by Gasteiger charge is 2.28. The lowest BCUT2D eigenvalue weighted by Gasteiger charge is -2.37. The predicted octanol–water partition coefficient (Wildman–Crippen LogP) is 3.31. The molecule has 0 saturated carbocycles. The van der Waals surface area contributed by atoms with E-state index in [2.05, 4.69) is 10.1 Å². The molecule has 0 aliphatic carbocycles. The molecule has 1 heterocycles. The summed E-state index contributed by atoms with van der Waals surface area (Å²) in [5, 5.41) is 2.67. The largest absolute Gasteiger partial charge is 0.433 e. The first kappa shape index (κ1) is 22.7. The number of nitrogens with one attached hydrogen (secondary N) is 1. The summed E-state index contributed by atoms with van der Waals surface area (Å²) in [6.07, 6.45) is 0.365. The number of hydrogen-bond donors (Lipinski definition) is 1. The maximum absolute atomic E-state index is 12.7. The van der Waals surface area contributed by atoms with E-state index in [4.69, 9.17) is 0 Å². The van der Waals surface area contributed by atoms with Gasteiger partial charge in [-0.25, -0.2) is 0 Å². The Balaban J connectivity index is 1.53. The van der Waals surface area contributed by atoms with Gasteiger partial charge in [0.05, 0.1) is 18.2 Å². The van der Waals surface area contributed by atoms with Crippen molar-refractivity contribution < 1.29 is 23.1 Å². The van der Waals surface area contributed by atoms with E-state index >= 15 is 0 Å². The maximum atomic E-state index is 12.7. The summed E-state index contributed by atoms with van der Waals surface area (Å²) < 4.78 is 29.6. The normalized spacial score (nSPS) is 15.6. The minimum atomic E-state index is -2.97. The number of alkyl halides is 2. The average molecular weight is 431 g/mol. The summed E-state index contributed by atoms with van der Waals surface area (Å²) in [4.78, 5) is 29.1. The summed E-state index contributed by atoms with van der Waals surface area (Å²) in [7, 11) is 0. The number of carbonyl (C=O) groups excluding carboxylic acids is 2. The molecule has 0 bridgehead atoms. The van der Waals surface area contributed by atoms with E-state index in [0.29, 0.717) is 32.6 Å². The van der Waals surface area contributed by atoms with Gasteiger partial charge in [0.15, 0.2) is 0 Å². The van der Waals surface area contributed by atoms with Crippen molar-refractivity contribution in [1.82, 2.24) is 9.80 Å². The topological polar surface area (TPSA) is 61.9 Å². The van der Waals surface area contributed by atoms with Gasteiger partial charge >= 0.3 is 6.61 Å². The number of amides is 2. The van der Waals surface area contributed by atoms with Crippen LogP contribution in [0, 0.1) is 6.92 Å². The molecule has 1 fully saturated rings. The lowest BCUT2D eigenvalue weighted by molar-refractivity contribution is -0.133. The van der Waals surface area contributed by atoms with E-state index in [1.807, 2.05) is 41.0 Å². The molecule has 2 aromatic rings. The van der Waals surface area contributed by atoms with Gasteiger partial charge in [0, 0.05) is 26.2 Å². The van der Waals surface area contributed by atoms with Crippen molar-refractivity contribution in [2.75, 3.05) is 31.5 Å². The van der Waals surface area contributed by atoms with Crippen LogP contribution in [0.5, 0.6) is 5.75 Å². The molecule has 1 unspecified atom stereocenters. The third kappa shape index (κ3) is 6.01. The summed E-state index contributed by atoms with van der Waals surface area (Å²) >= 11 is 0. The SMILES string of the molecule is Cc1ccccc1CC(=O)N1CCN(C(C)C(=O)Nc2ccccc2OC(F)F)CC1. The molecule has 8 heteroatoms. The highest BCUT2D eigenvalue weighted by atomic mass is 19.3. The third-order valence-electron chi connectivity index (χ3n) is 5.56. The number of rotatable bonds is 7. The van der Waals surface area contributed by atoms with Crippen LogP contribution in [0.3, 0.4) is 0 Å². The van der Waals surface area contributed by atoms with E-state index in [1.54, 1.807) is 19.1 Å². The number of carbonyl (C=O) groups is 2. The highest BCUT2D eigenvalue weighted by Crippen LogP contribution is 2.26. The van der Waals surface area contributed by atoms with Gasteiger partial charge in [-0.2, -0.15) is 8.78 Å². The Morgan fingerprint density at radius 3 is 2.35 bits per heavy atom. The minimum absolute atomic E-state index is 0.0733. The third-order valence-corrected chi connectivity index (χ3v) is 5.56. The second kappa shape index (κ2) is 10.3. The van der Waals surface area contributed by atoms with Crippen molar-refractivity contribution in [3.8, 4) is 5.75 Å². The number of aryl methyl sites for hydroxylation is 1. The zero-order chi connectivity index (χ0) is 22.4. The molecule has 0 aromatic heterocycles. The van der Waals surface area contributed by atoms with Crippen LogP contribution in [0.1, 0.15) is 18.1 Å². The molecule has 6 nitrogen and oxygen atoms in total. The molecular formula is C23H27F2N3O3. The molecule has 31 heavy (non-hydrogen) atoms. The Morgan fingerprint density at radius 2 is 1.68 bits per heavy atom. The minimum Gasteiger partial charge on any atom is -0.433 e. The van der Waals surface area contributed by atoms with Gasteiger partial charge < -0.3 is 15.0 Å². The van der Waals surface area contributed by atoms with Crippen LogP contribution in [-0.2, 0) is 16.0 Å². The van der Waals surface area contributed by atoms with Gasteiger partial charge in [0.1, 0.15) is 5.75 Å². The summed E-state index contributed by atoms with van der Waals surface area (Å²) in [5.41, 5.74) is 2.31. The second-order valence-electron chi connectivity index (χ2n) is 7.56. The number of para-hydroxylation sites is 2. The van der Waals surface area contributed by atoms with Crippen molar-refractivity contribution in [2.24, 2.45) is 0 Å². The van der Waals surface area contributed by atoms with Crippen molar-refractivity contribution >= 4 is 17.5 Å². The van der Waals surface area contributed by atoms with Gasteiger partial charge in [0.2, 0.25) is 11.8 Å². The molecule has 2 amide bonds. The Bertz CT molecular complexity index is 914. The van der Waals surface area contributed by atoms with E-state index in [0.717, 1.165) is 11.1 Å². The molecular weight excluding hydrogens is 404 g/mol. The number of halogens is 2. The molecule has 1 atom stereocenters. The number of ether oxygens (including phenoxy) is 1. The van der Waals surface area contributed by atoms with Crippen molar-refractivity contribution in [3.05, 3.63) is 59.7 Å². The van der Waals surface area contributed by atoms with Crippen LogP contribution in [-0.4, -0.2) is 60.4 Å². The summed E-state index contributed by atoms with van der Waals surface area (Å²) in [5.74, 6) is -0.321. The molecule has 2 aromatic carbocycles. The number of piperazine rings is 1. The van der Waals surface area contributed by atoms with Crippen LogP contribution in [0.2, 0.25) is 0 Å². The second-order valence-corrected chi connectivity index (χ2v) is 7.56. The van der Waals surface area contributed by atoms with E-state index in [9.17, 15) is 18.4 Å². The first-order chi connectivity index (χ1) is 14.8. The maximum Gasteiger partial charge on any atom is 0.387 e. The fourth-order valence-corrected chi connectivity index (χ4v) is 3.61. The molecule has 166 valence electrons. The Hall–Kier alpha value is -3.00. The molecule has 3 rings (SSSR count). The van der Waals surface area contributed by atoms with Crippen LogP contribution >= 0.6 is 0 Å². The Kier molecular flexibility index (Phi) is 7.57. The zero-order valence-electron chi connectivity index (χ0n) is 17.7. The molecule has 0 radical (unpaired) electrons. The van der Waals surface area contributed by atoms with Crippen LogP contribution in [0.15, 0.2) is 48.5 Å². The first-order valence-corrected chi connectivity index (χ1v) is 10.3. The molecule has 1 saturated heterocycles. The monoisotopic (exact) mass is 431 g/mol. The standard InChI is InChI=1S/C23H27F2N3O3/c1-16-7-3-4-8-18(16)15-21(29)28-13-11-27(12-14-28)17(2)22(30)26-19-9-5-6-10-20(19)31-23(24)25/h3-10,17,23H,11-15H2,1-2H3,(H,26,30).